The van der Waals surface area contributed by atoms with E-state index in [-0.39, 0.29) is 36.4 Å². The van der Waals surface area contributed by atoms with E-state index in [0.29, 0.717) is 24.6 Å². The number of ether oxygens (including phenoxy) is 1. The number of carboxylic acid groups (broad SMARTS) is 1. The second-order valence-electron chi connectivity index (χ2n) is 11.5. The van der Waals surface area contributed by atoms with Gasteiger partial charge in [-0.2, -0.15) is 0 Å². The van der Waals surface area contributed by atoms with Gasteiger partial charge in [0, 0.05) is 18.9 Å². The van der Waals surface area contributed by atoms with E-state index in [0.717, 1.165) is 44.4 Å². The van der Waals surface area contributed by atoms with Gasteiger partial charge < -0.3 is 19.6 Å². The van der Waals surface area contributed by atoms with Crippen molar-refractivity contribution in [3.63, 3.8) is 0 Å². The molecule has 3 heterocycles. The van der Waals surface area contributed by atoms with Crippen molar-refractivity contribution in [1.82, 2.24) is 10.3 Å². The van der Waals surface area contributed by atoms with Gasteiger partial charge in [0.1, 0.15) is 6.26 Å². The van der Waals surface area contributed by atoms with E-state index < -0.39 is 5.97 Å². The van der Waals surface area contributed by atoms with Gasteiger partial charge >= 0.3 is 5.97 Å². The molecule has 1 aromatic heterocycles. The first-order valence-corrected chi connectivity index (χ1v) is 14.8. The summed E-state index contributed by atoms with van der Waals surface area (Å²) in [5, 5.41) is 12.0. The SMILES string of the molecule is O=C(O)CCCc1ccccc1CC1C2CCC(O2)C1c1nc(C(=O)NCCCCC2CCCCC2)co1. The number of hydrogen-bond acceptors (Lipinski definition) is 5. The molecule has 2 bridgehead atoms. The molecule has 38 heavy (non-hydrogen) atoms. The number of hydrogen-bond donors (Lipinski definition) is 2. The van der Waals surface area contributed by atoms with Gasteiger partial charge in [0.05, 0.1) is 18.1 Å². The summed E-state index contributed by atoms with van der Waals surface area (Å²) in [6, 6.07) is 8.30. The van der Waals surface area contributed by atoms with E-state index in [9.17, 15) is 9.59 Å². The number of nitrogens with one attached hydrogen (secondary N) is 1. The second-order valence-corrected chi connectivity index (χ2v) is 11.5. The molecular weight excluding hydrogens is 480 g/mol. The summed E-state index contributed by atoms with van der Waals surface area (Å²) in [6.45, 7) is 0.673. The van der Waals surface area contributed by atoms with Crippen molar-refractivity contribution in [2.75, 3.05) is 6.54 Å². The van der Waals surface area contributed by atoms with Gasteiger partial charge in [-0.15, -0.1) is 0 Å². The van der Waals surface area contributed by atoms with Crippen LogP contribution in [0.3, 0.4) is 0 Å². The third kappa shape index (κ3) is 6.66. The number of rotatable bonds is 13. The van der Waals surface area contributed by atoms with Crippen molar-refractivity contribution in [3.8, 4) is 0 Å². The number of nitrogens with zero attached hydrogens (tertiary/aromatic N) is 1. The maximum Gasteiger partial charge on any atom is 0.303 e. The number of unbranched alkanes of at least 4 members (excludes halogenated alkanes) is 1. The topological polar surface area (TPSA) is 102 Å². The van der Waals surface area contributed by atoms with Crippen LogP contribution in [0.5, 0.6) is 0 Å². The minimum Gasteiger partial charge on any atom is -0.481 e. The highest BCUT2D eigenvalue weighted by Crippen LogP contribution is 2.50. The largest absolute Gasteiger partial charge is 0.481 e. The van der Waals surface area contributed by atoms with Crippen molar-refractivity contribution in [2.45, 2.75) is 108 Å². The summed E-state index contributed by atoms with van der Waals surface area (Å²) in [6.07, 6.45) is 16.5. The third-order valence-electron chi connectivity index (χ3n) is 8.92. The molecule has 0 spiro atoms. The highest BCUT2D eigenvalue weighted by Gasteiger charge is 2.51. The Hall–Kier alpha value is -2.67. The Labute approximate surface area is 225 Å². The molecule has 2 N–H and O–H groups in total. The highest BCUT2D eigenvalue weighted by atomic mass is 16.5. The number of carboxylic acids is 1. The van der Waals surface area contributed by atoms with Crippen molar-refractivity contribution < 1.29 is 23.8 Å². The number of carbonyl (C=O) groups is 2. The lowest BCUT2D eigenvalue weighted by Gasteiger charge is -2.26. The fourth-order valence-corrected chi connectivity index (χ4v) is 6.93. The van der Waals surface area contributed by atoms with Crippen LogP contribution >= 0.6 is 0 Å². The number of amides is 1. The first kappa shape index (κ1) is 26.9. The molecule has 0 radical (unpaired) electrons. The fraction of sp³-hybridized carbons (Fsp3) is 0.645. The lowest BCUT2D eigenvalue weighted by molar-refractivity contribution is -0.137. The normalized spacial score (nSPS) is 25.1. The molecule has 4 atom stereocenters. The number of benzene rings is 1. The van der Waals surface area contributed by atoms with Gasteiger partial charge in [-0.1, -0.05) is 69.2 Å². The first-order chi connectivity index (χ1) is 18.6. The Kier molecular flexibility index (Phi) is 9.15. The number of fused-ring (bicyclic) bond motifs is 2. The molecule has 1 amide bonds. The second kappa shape index (κ2) is 12.9. The fourth-order valence-electron chi connectivity index (χ4n) is 6.93. The maximum absolute atomic E-state index is 12.8. The molecule has 1 aromatic carbocycles. The minimum absolute atomic E-state index is 0.0258. The van der Waals surface area contributed by atoms with Crippen LogP contribution in [0.4, 0.5) is 0 Å². The first-order valence-electron chi connectivity index (χ1n) is 14.8. The molecule has 4 unspecified atom stereocenters. The van der Waals surface area contributed by atoms with Crippen LogP contribution in [0.2, 0.25) is 0 Å². The molecule has 1 saturated carbocycles. The van der Waals surface area contributed by atoms with Crippen molar-refractivity contribution in [3.05, 3.63) is 53.2 Å². The predicted octanol–water partition coefficient (Wildman–Crippen LogP) is 6.07. The zero-order valence-corrected chi connectivity index (χ0v) is 22.4. The number of aryl methyl sites for hydroxylation is 1. The van der Waals surface area contributed by atoms with E-state index in [4.69, 9.17) is 14.3 Å². The van der Waals surface area contributed by atoms with Gasteiger partial charge in [-0.3, -0.25) is 9.59 Å². The summed E-state index contributed by atoms with van der Waals surface area (Å²) in [4.78, 5) is 28.4. The van der Waals surface area contributed by atoms with Crippen LogP contribution in [0.15, 0.2) is 34.9 Å². The molecule has 2 aromatic rings. The molecule has 2 saturated heterocycles. The quantitative estimate of drug-likeness (QED) is 0.310. The highest BCUT2D eigenvalue weighted by molar-refractivity contribution is 5.91. The number of aromatic nitrogens is 1. The Morgan fingerprint density at radius 1 is 0.974 bits per heavy atom. The average molecular weight is 523 g/mol. The van der Waals surface area contributed by atoms with Crippen LogP contribution < -0.4 is 5.32 Å². The van der Waals surface area contributed by atoms with Crippen molar-refractivity contribution in [1.29, 1.82) is 0 Å². The lowest BCUT2D eigenvalue weighted by Crippen LogP contribution is -2.28. The van der Waals surface area contributed by atoms with Crippen molar-refractivity contribution in [2.24, 2.45) is 11.8 Å². The molecule has 7 nitrogen and oxygen atoms in total. The van der Waals surface area contributed by atoms with Crippen LogP contribution in [-0.4, -0.2) is 40.7 Å². The molecular formula is C31H42N2O5. The van der Waals surface area contributed by atoms with Gasteiger partial charge in [0.15, 0.2) is 5.69 Å². The van der Waals surface area contributed by atoms with E-state index in [1.54, 1.807) is 0 Å². The summed E-state index contributed by atoms with van der Waals surface area (Å²) >= 11 is 0. The summed E-state index contributed by atoms with van der Waals surface area (Å²) in [5.41, 5.74) is 2.79. The van der Waals surface area contributed by atoms with E-state index >= 15 is 0 Å². The monoisotopic (exact) mass is 522 g/mol. The molecule has 5 rings (SSSR count). The molecule has 2 aliphatic heterocycles. The molecule has 3 fully saturated rings. The zero-order chi connectivity index (χ0) is 26.3. The van der Waals surface area contributed by atoms with Crippen LogP contribution in [0, 0.1) is 11.8 Å². The van der Waals surface area contributed by atoms with Crippen LogP contribution in [-0.2, 0) is 22.4 Å². The Balaban J connectivity index is 1.16. The van der Waals surface area contributed by atoms with Crippen LogP contribution in [0.25, 0.3) is 0 Å². The predicted molar refractivity (Wildman–Crippen MR) is 144 cm³/mol. The maximum atomic E-state index is 12.8. The molecule has 3 aliphatic rings. The van der Waals surface area contributed by atoms with Gasteiger partial charge in [-0.05, 0) is 55.6 Å². The smallest absolute Gasteiger partial charge is 0.303 e. The molecule has 1 aliphatic carbocycles. The van der Waals surface area contributed by atoms with Crippen LogP contribution in [0.1, 0.15) is 110 Å². The third-order valence-corrected chi connectivity index (χ3v) is 8.92. The Morgan fingerprint density at radius 3 is 2.58 bits per heavy atom. The zero-order valence-electron chi connectivity index (χ0n) is 22.4. The van der Waals surface area contributed by atoms with E-state index in [1.807, 2.05) is 12.1 Å². The Morgan fingerprint density at radius 2 is 1.76 bits per heavy atom. The van der Waals surface area contributed by atoms with E-state index in [2.05, 4.69) is 22.4 Å². The summed E-state index contributed by atoms with van der Waals surface area (Å²) in [5.74, 6) is 0.815. The van der Waals surface area contributed by atoms with Gasteiger partial charge in [-0.25, -0.2) is 4.98 Å². The van der Waals surface area contributed by atoms with Gasteiger partial charge in [0.2, 0.25) is 5.89 Å². The van der Waals surface area contributed by atoms with Crippen molar-refractivity contribution >= 4 is 11.9 Å². The average Bonchev–Trinajstić information content (AvgIpc) is 3.67. The summed E-state index contributed by atoms with van der Waals surface area (Å²) in [7, 11) is 0. The lowest BCUT2D eigenvalue weighted by atomic mass is 9.75. The molecule has 206 valence electrons. The van der Waals surface area contributed by atoms with Gasteiger partial charge in [0.25, 0.3) is 5.91 Å². The number of oxazole rings is 1. The standard InChI is InChI=1S/C31H42N2O5/c34-28(35)15-8-14-22-12-4-5-13-23(22)19-24-26-16-17-27(38-26)29(24)31-33-25(20-37-31)30(36)32-18-7-6-11-21-9-2-1-3-10-21/h4-5,12-13,20-21,24,26-27,29H,1-3,6-11,14-19H2,(H,32,36)(H,34,35). The Bertz CT molecular complexity index is 1080. The number of aliphatic carboxylic acids is 1. The van der Waals surface area contributed by atoms with E-state index in [1.165, 1.54) is 55.9 Å². The minimum atomic E-state index is -0.757. The summed E-state index contributed by atoms with van der Waals surface area (Å²) < 4.78 is 12.2. The number of carbonyl (C=O) groups excluding carboxylic acids is 1. The molecule has 7 heteroatoms.